The molecule has 0 unspecified atom stereocenters. The first-order chi connectivity index (χ1) is 8.83. The number of fused-ring (bicyclic) bond motifs is 1. The molecule has 3 heterocycles. The van der Waals surface area contributed by atoms with Crippen molar-refractivity contribution >= 4 is 5.91 Å². The van der Waals surface area contributed by atoms with Crippen LogP contribution < -0.4 is 5.32 Å². The van der Waals surface area contributed by atoms with E-state index in [9.17, 15) is 4.79 Å². The maximum absolute atomic E-state index is 12.0. The quantitative estimate of drug-likeness (QED) is 0.786. The van der Waals surface area contributed by atoms with E-state index in [-0.39, 0.29) is 11.9 Å². The zero-order chi connectivity index (χ0) is 12.4. The van der Waals surface area contributed by atoms with Gasteiger partial charge in [-0.2, -0.15) is 0 Å². The molecule has 0 radical (unpaired) electrons. The average molecular weight is 251 g/mol. The predicted octanol–water partition coefficient (Wildman–Crippen LogP) is -0.271. The van der Waals surface area contributed by atoms with Gasteiger partial charge in [0, 0.05) is 31.4 Å². The van der Waals surface area contributed by atoms with Crippen molar-refractivity contribution in [2.45, 2.75) is 31.5 Å². The molecule has 18 heavy (non-hydrogen) atoms. The van der Waals surface area contributed by atoms with Gasteiger partial charge in [0.1, 0.15) is 5.82 Å². The summed E-state index contributed by atoms with van der Waals surface area (Å²) in [4.78, 5) is 16.2. The second-order valence-electron chi connectivity index (χ2n) is 4.67. The number of carbonyl (C=O) groups excluding carboxylic acids is 1. The van der Waals surface area contributed by atoms with Gasteiger partial charge in [-0.05, 0) is 6.42 Å². The van der Waals surface area contributed by atoms with Gasteiger partial charge in [-0.25, -0.2) is 4.98 Å². The van der Waals surface area contributed by atoms with E-state index in [2.05, 4.69) is 14.9 Å². The second-order valence-corrected chi connectivity index (χ2v) is 4.67. The lowest BCUT2D eigenvalue weighted by Gasteiger charge is -2.28. The Morgan fingerprint density at radius 1 is 1.50 bits per heavy atom. The summed E-state index contributed by atoms with van der Waals surface area (Å²) in [5.41, 5.74) is 0. The number of ether oxygens (including phenoxy) is 2. The Kier molecular flexibility index (Phi) is 3.29. The lowest BCUT2D eigenvalue weighted by Crippen LogP contribution is -2.49. The van der Waals surface area contributed by atoms with Gasteiger partial charge in [-0.1, -0.05) is 0 Å². The summed E-state index contributed by atoms with van der Waals surface area (Å²) in [5.74, 6) is 1.03. The molecule has 2 aliphatic heterocycles. The van der Waals surface area contributed by atoms with Crippen molar-refractivity contribution in [3.05, 3.63) is 18.2 Å². The van der Waals surface area contributed by atoms with Crippen LogP contribution in [0.25, 0.3) is 0 Å². The minimum absolute atomic E-state index is 0.0664. The Bertz CT molecular complexity index is 426. The highest BCUT2D eigenvalue weighted by Crippen LogP contribution is 2.13. The predicted molar refractivity (Wildman–Crippen MR) is 63.0 cm³/mol. The molecule has 98 valence electrons. The lowest BCUT2D eigenvalue weighted by molar-refractivity contribution is -0.148. The summed E-state index contributed by atoms with van der Waals surface area (Å²) >= 11 is 0. The number of nitrogens with zero attached hydrogens (tertiary/aromatic N) is 2. The normalized spacial score (nSPS) is 27.6. The molecule has 1 saturated heterocycles. The van der Waals surface area contributed by atoms with Crippen LogP contribution in [0.1, 0.15) is 12.2 Å². The first kappa shape index (κ1) is 11.7. The molecular weight excluding hydrogens is 234 g/mol. The van der Waals surface area contributed by atoms with E-state index >= 15 is 0 Å². The van der Waals surface area contributed by atoms with E-state index in [1.165, 1.54) is 0 Å². The van der Waals surface area contributed by atoms with Crippen molar-refractivity contribution in [3.8, 4) is 0 Å². The van der Waals surface area contributed by atoms with Gasteiger partial charge in [0.15, 0.2) is 6.10 Å². The van der Waals surface area contributed by atoms with E-state index in [4.69, 9.17) is 9.47 Å². The minimum atomic E-state index is -0.456. The van der Waals surface area contributed by atoms with Gasteiger partial charge in [-0.15, -0.1) is 0 Å². The maximum atomic E-state index is 12.0. The maximum Gasteiger partial charge on any atom is 0.251 e. The van der Waals surface area contributed by atoms with E-state index in [0.29, 0.717) is 19.8 Å². The van der Waals surface area contributed by atoms with Crippen molar-refractivity contribution < 1.29 is 14.3 Å². The van der Waals surface area contributed by atoms with Crippen LogP contribution in [0.4, 0.5) is 0 Å². The molecule has 1 fully saturated rings. The van der Waals surface area contributed by atoms with Gasteiger partial charge in [-0.3, -0.25) is 4.79 Å². The number of amides is 1. The summed E-state index contributed by atoms with van der Waals surface area (Å²) < 4.78 is 12.7. The third kappa shape index (κ3) is 2.39. The van der Waals surface area contributed by atoms with E-state index in [1.807, 2.05) is 6.20 Å². The van der Waals surface area contributed by atoms with Crippen molar-refractivity contribution in [1.82, 2.24) is 14.9 Å². The number of hydrogen-bond donors (Lipinski definition) is 1. The summed E-state index contributed by atoms with van der Waals surface area (Å²) in [6.07, 6.45) is 5.13. The number of nitrogens with one attached hydrogen (secondary N) is 1. The van der Waals surface area contributed by atoms with Crippen molar-refractivity contribution in [3.63, 3.8) is 0 Å². The van der Waals surface area contributed by atoms with Gasteiger partial charge in [0.2, 0.25) is 0 Å². The SMILES string of the molecule is O=C(N[C@H]1CCc2nccn2C1)[C@H]1COCCO1. The molecule has 2 atom stereocenters. The molecule has 1 amide bonds. The fourth-order valence-corrected chi connectivity index (χ4v) is 2.42. The van der Waals surface area contributed by atoms with Crippen molar-refractivity contribution in [1.29, 1.82) is 0 Å². The molecule has 0 aliphatic carbocycles. The summed E-state index contributed by atoms with van der Waals surface area (Å²) in [5, 5.41) is 3.03. The number of aromatic nitrogens is 2. The fraction of sp³-hybridized carbons (Fsp3) is 0.667. The summed E-state index contributed by atoms with van der Waals surface area (Å²) in [6, 6.07) is 0.157. The number of hydrogen-bond acceptors (Lipinski definition) is 4. The molecule has 6 heteroatoms. The zero-order valence-electron chi connectivity index (χ0n) is 10.2. The molecule has 0 saturated carbocycles. The Hall–Kier alpha value is -1.40. The van der Waals surface area contributed by atoms with E-state index in [0.717, 1.165) is 25.2 Å². The van der Waals surface area contributed by atoms with Crippen molar-refractivity contribution in [2.24, 2.45) is 0 Å². The van der Waals surface area contributed by atoms with Crippen LogP contribution >= 0.6 is 0 Å². The molecule has 0 bridgehead atoms. The highest BCUT2D eigenvalue weighted by Gasteiger charge is 2.26. The Balaban J connectivity index is 1.56. The molecule has 1 N–H and O–H groups in total. The van der Waals surface area contributed by atoms with Gasteiger partial charge >= 0.3 is 0 Å². The van der Waals surface area contributed by atoms with Gasteiger partial charge < -0.3 is 19.4 Å². The fourth-order valence-electron chi connectivity index (χ4n) is 2.42. The van der Waals surface area contributed by atoms with Gasteiger partial charge in [0.25, 0.3) is 5.91 Å². The van der Waals surface area contributed by atoms with Crippen LogP contribution in [-0.4, -0.2) is 47.4 Å². The number of rotatable bonds is 2. The monoisotopic (exact) mass is 251 g/mol. The highest BCUT2D eigenvalue weighted by atomic mass is 16.6. The van der Waals surface area contributed by atoms with Crippen molar-refractivity contribution in [2.75, 3.05) is 19.8 Å². The van der Waals surface area contributed by atoms with Crippen LogP contribution in [0.2, 0.25) is 0 Å². The molecule has 0 spiro atoms. The van der Waals surface area contributed by atoms with Crippen LogP contribution in [0.15, 0.2) is 12.4 Å². The Morgan fingerprint density at radius 2 is 2.44 bits per heavy atom. The third-order valence-corrected chi connectivity index (χ3v) is 3.39. The second kappa shape index (κ2) is 5.07. The summed E-state index contributed by atoms with van der Waals surface area (Å²) in [6.45, 7) is 2.21. The lowest BCUT2D eigenvalue weighted by atomic mass is 10.1. The smallest absolute Gasteiger partial charge is 0.251 e. The van der Waals surface area contributed by atoms with E-state index < -0.39 is 6.10 Å². The van der Waals surface area contributed by atoms with Crippen LogP contribution in [-0.2, 0) is 27.2 Å². The molecule has 3 rings (SSSR count). The standard InChI is InChI=1S/C12H17N3O3/c16-12(10-8-17-5-6-18-10)14-9-1-2-11-13-3-4-15(11)7-9/h3-4,9-10H,1-2,5-8H2,(H,14,16)/t9-,10+/m0/s1. The minimum Gasteiger partial charge on any atom is -0.376 e. The first-order valence-electron chi connectivity index (χ1n) is 6.32. The molecule has 6 nitrogen and oxygen atoms in total. The zero-order valence-corrected chi connectivity index (χ0v) is 10.2. The molecule has 0 aromatic carbocycles. The van der Waals surface area contributed by atoms with Crippen LogP contribution in [0.3, 0.4) is 0 Å². The number of imidazole rings is 1. The highest BCUT2D eigenvalue weighted by molar-refractivity contribution is 5.81. The average Bonchev–Trinajstić information content (AvgIpc) is 2.87. The molecule has 1 aromatic rings. The van der Waals surface area contributed by atoms with Gasteiger partial charge in [0.05, 0.1) is 19.8 Å². The van der Waals surface area contributed by atoms with E-state index in [1.54, 1.807) is 6.20 Å². The molecular formula is C12H17N3O3. The number of carbonyl (C=O) groups is 1. The molecule has 2 aliphatic rings. The number of aryl methyl sites for hydroxylation is 1. The van der Waals surface area contributed by atoms with Crippen LogP contribution in [0, 0.1) is 0 Å². The summed E-state index contributed by atoms with van der Waals surface area (Å²) in [7, 11) is 0. The van der Waals surface area contributed by atoms with Crippen LogP contribution in [0.5, 0.6) is 0 Å². The third-order valence-electron chi connectivity index (χ3n) is 3.39. The first-order valence-corrected chi connectivity index (χ1v) is 6.32. The topological polar surface area (TPSA) is 65.4 Å². The Labute approximate surface area is 105 Å². The Morgan fingerprint density at radius 3 is 3.28 bits per heavy atom. The largest absolute Gasteiger partial charge is 0.376 e. The molecule has 1 aromatic heterocycles.